The Morgan fingerprint density at radius 1 is 1.05 bits per heavy atom. The van der Waals surface area contributed by atoms with Gasteiger partial charge in [0.15, 0.2) is 23.0 Å². The van der Waals surface area contributed by atoms with Crippen molar-refractivity contribution < 1.29 is 9.47 Å². The second-order valence-electron chi connectivity index (χ2n) is 4.40. The molecule has 114 valence electrons. The van der Waals surface area contributed by atoms with Crippen LogP contribution in [-0.2, 0) is 0 Å². The highest BCUT2D eigenvalue weighted by Crippen LogP contribution is 2.31. The number of hydrogen-bond donors (Lipinski definition) is 1. The van der Waals surface area contributed by atoms with E-state index < -0.39 is 0 Å². The molecular weight excluding hydrogens is 284 g/mol. The van der Waals surface area contributed by atoms with Crippen molar-refractivity contribution in [1.29, 1.82) is 0 Å². The molecule has 8 heteroatoms. The molecule has 22 heavy (non-hydrogen) atoms. The summed E-state index contributed by atoms with van der Waals surface area (Å²) in [6, 6.07) is 9.24. The van der Waals surface area contributed by atoms with Crippen LogP contribution in [0.4, 0.5) is 11.5 Å². The van der Waals surface area contributed by atoms with Crippen LogP contribution in [0.3, 0.4) is 0 Å². The van der Waals surface area contributed by atoms with E-state index in [2.05, 4.69) is 25.9 Å². The van der Waals surface area contributed by atoms with Crippen LogP contribution in [0.1, 0.15) is 13.8 Å². The molecule has 0 unspecified atom stereocenters. The number of ether oxygens (including phenoxy) is 2. The van der Waals surface area contributed by atoms with Crippen molar-refractivity contribution >= 4 is 17.2 Å². The molecule has 2 aromatic heterocycles. The van der Waals surface area contributed by atoms with Gasteiger partial charge in [-0.05, 0) is 48.5 Å². The van der Waals surface area contributed by atoms with Gasteiger partial charge in [0.2, 0.25) is 0 Å². The lowest BCUT2D eigenvalue weighted by atomic mass is 10.2. The molecule has 8 nitrogen and oxygen atoms in total. The van der Waals surface area contributed by atoms with Crippen molar-refractivity contribution in [1.82, 2.24) is 25.3 Å². The summed E-state index contributed by atoms with van der Waals surface area (Å²) < 4.78 is 12.5. The van der Waals surface area contributed by atoms with E-state index in [9.17, 15) is 0 Å². The van der Waals surface area contributed by atoms with Crippen LogP contribution in [-0.4, -0.2) is 38.5 Å². The first-order valence-electron chi connectivity index (χ1n) is 7.02. The van der Waals surface area contributed by atoms with Gasteiger partial charge >= 0.3 is 0 Å². The second kappa shape index (κ2) is 6.25. The Morgan fingerprint density at radius 2 is 1.86 bits per heavy atom. The highest BCUT2D eigenvalue weighted by Gasteiger charge is 2.07. The molecule has 0 radical (unpaired) electrons. The van der Waals surface area contributed by atoms with Crippen LogP contribution in [0.25, 0.3) is 5.65 Å². The van der Waals surface area contributed by atoms with Crippen LogP contribution < -0.4 is 14.8 Å². The highest BCUT2D eigenvalue weighted by molar-refractivity contribution is 5.61. The minimum absolute atomic E-state index is 0.568. The molecule has 3 aromatic rings. The van der Waals surface area contributed by atoms with E-state index in [4.69, 9.17) is 9.47 Å². The molecule has 2 heterocycles. The number of benzene rings is 1. The Hall–Kier alpha value is -2.90. The van der Waals surface area contributed by atoms with Crippen molar-refractivity contribution in [2.75, 3.05) is 18.5 Å². The SMILES string of the molecule is CCOc1ccc(Nc2ccc3nnnn3n2)cc1OCC. The summed E-state index contributed by atoms with van der Waals surface area (Å²) in [6.07, 6.45) is 0. The predicted molar refractivity (Wildman–Crippen MR) is 80.6 cm³/mol. The average molecular weight is 300 g/mol. The number of tetrazole rings is 1. The van der Waals surface area contributed by atoms with Crippen LogP contribution in [0.2, 0.25) is 0 Å². The summed E-state index contributed by atoms with van der Waals surface area (Å²) in [7, 11) is 0. The van der Waals surface area contributed by atoms with Gasteiger partial charge in [-0.1, -0.05) is 0 Å². The van der Waals surface area contributed by atoms with Crippen molar-refractivity contribution in [2.24, 2.45) is 0 Å². The van der Waals surface area contributed by atoms with E-state index in [1.165, 1.54) is 4.63 Å². The smallest absolute Gasteiger partial charge is 0.200 e. The lowest BCUT2D eigenvalue weighted by Crippen LogP contribution is -2.02. The second-order valence-corrected chi connectivity index (χ2v) is 4.40. The van der Waals surface area contributed by atoms with Gasteiger partial charge in [-0.3, -0.25) is 0 Å². The van der Waals surface area contributed by atoms with Gasteiger partial charge in [-0.25, -0.2) is 0 Å². The van der Waals surface area contributed by atoms with Crippen LogP contribution in [0.15, 0.2) is 30.3 Å². The summed E-state index contributed by atoms with van der Waals surface area (Å²) in [5, 5.41) is 18.6. The lowest BCUT2D eigenvalue weighted by molar-refractivity contribution is 0.288. The number of nitrogens with one attached hydrogen (secondary N) is 1. The number of fused-ring (bicyclic) bond motifs is 1. The molecule has 1 aromatic carbocycles. The molecule has 0 aliphatic rings. The Labute approximate surface area is 127 Å². The first kappa shape index (κ1) is 14.1. The number of rotatable bonds is 6. The number of anilines is 2. The zero-order chi connectivity index (χ0) is 15.4. The van der Waals surface area contributed by atoms with Crippen molar-refractivity contribution in [3.63, 3.8) is 0 Å². The first-order valence-corrected chi connectivity index (χ1v) is 7.02. The molecule has 0 fully saturated rings. The summed E-state index contributed by atoms with van der Waals surface area (Å²) in [5.74, 6) is 2.04. The van der Waals surface area contributed by atoms with Crippen LogP contribution >= 0.6 is 0 Å². The average Bonchev–Trinajstić information content (AvgIpc) is 2.98. The summed E-state index contributed by atoms with van der Waals surface area (Å²) in [6.45, 7) is 5.03. The molecule has 0 aliphatic heterocycles. The fourth-order valence-electron chi connectivity index (χ4n) is 1.99. The molecule has 0 amide bonds. The van der Waals surface area contributed by atoms with Crippen molar-refractivity contribution in [2.45, 2.75) is 13.8 Å². The third-order valence-corrected chi connectivity index (χ3v) is 2.89. The van der Waals surface area contributed by atoms with E-state index in [1.807, 2.05) is 38.1 Å². The summed E-state index contributed by atoms with van der Waals surface area (Å²) in [4.78, 5) is 0. The number of hydrogen-bond acceptors (Lipinski definition) is 7. The van der Waals surface area contributed by atoms with Crippen molar-refractivity contribution in [3.05, 3.63) is 30.3 Å². The van der Waals surface area contributed by atoms with Gasteiger partial charge in [-0.15, -0.1) is 14.8 Å². The molecule has 0 atom stereocenters. The molecule has 0 saturated heterocycles. The molecule has 0 bridgehead atoms. The Balaban J connectivity index is 1.85. The third-order valence-electron chi connectivity index (χ3n) is 2.89. The molecule has 0 aliphatic carbocycles. The Kier molecular flexibility index (Phi) is 3.99. The number of nitrogens with zero attached hydrogens (tertiary/aromatic N) is 5. The molecule has 1 N–H and O–H groups in total. The van der Waals surface area contributed by atoms with Crippen LogP contribution in [0.5, 0.6) is 11.5 Å². The standard InChI is InChI=1S/C14H16N6O2/c1-3-21-11-6-5-10(9-12(11)22-4-2)15-13-7-8-14-16-18-19-20(14)17-13/h5-9H,3-4H2,1-2H3,(H,15,17). The maximum atomic E-state index is 5.60. The van der Waals surface area contributed by atoms with E-state index >= 15 is 0 Å². The Morgan fingerprint density at radius 3 is 2.68 bits per heavy atom. The Bertz CT molecular complexity index is 773. The predicted octanol–water partition coefficient (Wildman–Crippen LogP) is 2.06. The lowest BCUT2D eigenvalue weighted by Gasteiger charge is -2.13. The monoisotopic (exact) mass is 300 g/mol. The van der Waals surface area contributed by atoms with Gasteiger partial charge < -0.3 is 14.8 Å². The highest BCUT2D eigenvalue weighted by atomic mass is 16.5. The largest absolute Gasteiger partial charge is 0.490 e. The van der Waals surface area contributed by atoms with Gasteiger partial charge in [0.1, 0.15) is 0 Å². The summed E-state index contributed by atoms with van der Waals surface area (Å²) >= 11 is 0. The third kappa shape index (κ3) is 2.90. The zero-order valence-corrected chi connectivity index (χ0v) is 12.4. The fourth-order valence-corrected chi connectivity index (χ4v) is 1.99. The zero-order valence-electron chi connectivity index (χ0n) is 12.4. The maximum Gasteiger partial charge on any atom is 0.200 e. The summed E-state index contributed by atoms with van der Waals surface area (Å²) in [5.41, 5.74) is 1.43. The fraction of sp³-hybridized carbons (Fsp3) is 0.286. The maximum absolute atomic E-state index is 5.60. The topological polar surface area (TPSA) is 86.5 Å². The van der Waals surface area contributed by atoms with E-state index in [-0.39, 0.29) is 0 Å². The van der Waals surface area contributed by atoms with E-state index in [0.717, 1.165) is 11.4 Å². The van der Waals surface area contributed by atoms with Crippen LogP contribution in [0, 0.1) is 0 Å². The molecule has 0 saturated carbocycles. The van der Waals surface area contributed by atoms with Gasteiger partial charge in [0.25, 0.3) is 0 Å². The van der Waals surface area contributed by atoms with Gasteiger partial charge in [0, 0.05) is 11.8 Å². The molecule has 0 spiro atoms. The number of aromatic nitrogens is 5. The van der Waals surface area contributed by atoms with Gasteiger partial charge in [-0.2, -0.15) is 0 Å². The quantitative estimate of drug-likeness (QED) is 0.745. The minimum atomic E-state index is 0.568. The van der Waals surface area contributed by atoms with Crippen molar-refractivity contribution in [3.8, 4) is 11.5 Å². The van der Waals surface area contributed by atoms with E-state index in [0.29, 0.717) is 30.4 Å². The molecule has 3 rings (SSSR count). The first-order chi connectivity index (χ1) is 10.8. The van der Waals surface area contributed by atoms with Gasteiger partial charge in [0.05, 0.1) is 13.2 Å². The van der Waals surface area contributed by atoms with E-state index in [1.54, 1.807) is 6.07 Å². The normalized spacial score (nSPS) is 10.6. The minimum Gasteiger partial charge on any atom is -0.490 e. The molecular formula is C14H16N6O2.